The van der Waals surface area contributed by atoms with Crippen LogP contribution in [0.15, 0.2) is 22.7 Å². The van der Waals surface area contributed by atoms with Gasteiger partial charge in [0.2, 0.25) is 0 Å². The maximum atomic E-state index is 10.2. The molecule has 2 unspecified atom stereocenters. The second-order valence-corrected chi connectivity index (χ2v) is 7.18. The number of rotatable bonds is 5. The number of nitrogens with one attached hydrogen (secondary N) is 1. The topological polar surface area (TPSA) is 41.5 Å². The van der Waals surface area contributed by atoms with Gasteiger partial charge in [0.25, 0.3) is 0 Å². The first-order chi connectivity index (χ1) is 10.2. The van der Waals surface area contributed by atoms with Crippen molar-refractivity contribution in [2.24, 2.45) is 0 Å². The normalized spacial score (nSPS) is 26.4. The van der Waals surface area contributed by atoms with Crippen molar-refractivity contribution in [3.05, 3.63) is 28.2 Å². The summed E-state index contributed by atoms with van der Waals surface area (Å²) in [6, 6.07) is 6.83. The van der Waals surface area contributed by atoms with E-state index in [1.54, 1.807) is 0 Å². The van der Waals surface area contributed by atoms with Gasteiger partial charge in [-0.25, -0.2) is 0 Å². The Bertz CT molecular complexity index is 476. The van der Waals surface area contributed by atoms with E-state index in [1.165, 1.54) is 24.8 Å². The fraction of sp³-hybridized carbons (Fsp3) is 0.647. The lowest BCUT2D eigenvalue weighted by Gasteiger charge is -2.24. The number of ether oxygens (including phenoxy) is 1. The van der Waals surface area contributed by atoms with Crippen molar-refractivity contribution >= 4 is 15.9 Å². The fourth-order valence-corrected chi connectivity index (χ4v) is 3.31. The maximum absolute atomic E-state index is 10.2. The van der Waals surface area contributed by atoms with Gasteiger partial charge in [0, 0.05) is 22.6 Å². The highest BCUT2D eigenvalue weighted by atomic mass is 79.9. The van der Waals surface area contributed by atoms with E-state index >= 15 is 0 Å². The first-order valence-corrected chi connectivity index (χ1v) is 8.88. The van der Waals surface area contributed by atoms with Crippen molar-refractivity contribution in [3.8, 4) is 5.75 Å². The van der Waals surface area contributed by atoms with Crippen LogP contribution in [-0.4, -0.2) is 23.4 Å². The Morgan fingerprint density at radius 1 is 1.14 bits per heavy atom. The number of hydrogen-bond donors (Lipinski definition) is 2. The minimum absolute atomic E-state index is 0.0617. The first-order valence-electron chi connectivity index (χ1n) is 8.09. The highest BCUT2D eigenvalue weighted by molar-refractivity contribution is 9.10. The molecule has 0 spiro atoms. The number of benzene rings is 1. The molecule has 0 saturated heterocycles. The van der Waals surface area contributed by atoms with Crippen LogP contribution in [0, 0.1) is 0 Å². The lowest BCUT2D eigenvalue weighted by molar-refractivity contribution is 0.0314. The molecule has 0 heterocycles. The highest BCUT2D eigenvalue weighted by Crippen LogP contribution is 2.29. The number of halogens is 1. The molecule has 1 aromatic rings. The SMILES string of the molecule is OC1CCCCCC1Oc1ccc(Br)cc1CNC1CC1. The third-order valence-corrected chi connectivity index (χ3v) is 4.87. The Morgan fingerprint density at radius 2 is 1.95 bits per heavy atom. The van der Waals surface area contributed by atoms with Crippen molar-refractivity contribution in [3.63, 3.8) is 0 Å². The third-order valence-electron chi connectivity index (χ3n) is 4.38. The van der Waals surface area contributed by atoms with E-state index in [9.17, 15) is 5.11 Å². The van der Waals surface area contributed by atoms with Gasteiger partial charge in [-0.1, -0.05) is 28.8 Å². The van der Waals surface area contributed by atoms with E-state index < -0.39 is 0 Å². The standard InChI is InChI=1S/C17H24BrNO2/c18-13-6-9-16(12(10-13)11-19-14-7-8-14)21-17-5-3-1-2-4-15(17)20/h6,9-10,14-15,17,19-20H,1-5,7-8,11H2. The Morgan fingerprint density at radius 3 is 2.76 bits per heavy atom. The van der Waals surface area contributed by atoms with Crippen LogP contribution in [-0.2, 0) is 6.54 Å². The molecule has 0 aromatic heterocycles. The highest BCUT2D eigenvalue weighted by Gasteiger charge is 2.25. The molecule has 0 radical (unpaired) electrons. The minimum Gasteiger partial charge on any atom is -0.487 e. The molecule has 3 rings (SSSR count). The first kappa shape index (κ1) is 15.3. The summed E-state index contributed by atoms with van der Waals surface area (Å²) in [5.74, 6) is 0.914. The molecule has 3 nitrogen and oxygen atoms in total. The summed E-state index contributed by atoms with van der Waals surface area (Å²) in [5.41, 5.74) is 1.17. The van der Waals surface area contributed by atoms with Crippen molar-refractivity contribution in [1.82, 2.24) is 5.32 Å². The number of aliphatic hydroxyl groups excluding tert-OH is 1. The lowest BCUT2D eigenvalue weighted by atomic mass is 10.1. The van der Waals surface area contributed by atoms with E-state index in [1.807, 2.05) is 12.1 Å². The van der Waals surface area contributed by atoms with Gasteiger partial charge in [-0.2, -0.15) is 0 Å². The molecule has 2 N–H and O–H groups in total. The van der Waals surface area contributed by atoms with Gasteiger partial charge in [0.05, 0.1) is 6.10 Å². The quantitative estimate of drug-likeness (QED) is 0.791. The monoisotopic (exact) mass is 353 g/mol. The molecule has 2 aliphatic rings. The molecule has 21 heavy (non-hydrogen) atoms. The van der Waals surface area contributed by atoms with E-state index in [2.05, 4.69) is 27.3 Å². The summed E-state index contributed by atoms with van der Waals surface area (Å²) in [7, 11) is 0. The molecular weight excluding hydrogens is 330 g/mol. The van der Waals surface area contributed by atoms with Crippen LogP contribution in [0.4, 0.5) is 0 Å². The summed E-state index contributed by atoms with van der Waals surface area (Å²) in [6.45, 7) is 0.836. The zero-order chi connectivity index (χ0) is 14.7. The zero-order valence-corrected chi connectivity index (χ0v) is 13.9. The molecular formula is C17H24BrNO2. The number of hydrogen-bond acceptors (Lipinski definition) is 3. The van der Waals surface area contributed by atoms with E-state index in [0.717, 1.165) is 42.5 Å². The Labute approximate surface area is 135 Å². The van der Waals surface area contributed by atoms with Crippen LogP contribution in [0.3, 0.4) is 0 Å². The van der Waals surface area contributed by atoms with Crippen molar-refractivity contribution in [1.29, 1.82) is 0 Å². The summed E-state index contributed by atoms with van der Waals surface area (Å²) < 4.78 is 7.25. The van der Waals surface area contributed by atoms with Crippen molar-refractivity contribution in [2.45, 2.75) is 69.7 Å². The Kier molecular flexibility index (Phi) is 5.19. The Hall–Kier alpha value is -0.580. The second kappa shape index (κ2) is 7.12. The predicted octanol–water partition coefficient (Wildman–Crippen LogP) is 3.77. The molecule has 0 aliphatic heterocycles. The van der Waals surface area contributed by atoms with Gasteiger partial charge in [-0.15, -0.1) is 0 Å². The molecule has 0 bridgehead atoms. The fourth-order valence-electron chi connectivity index (χ4n) is 2.90. The summed E-state index contributed by atoms with van der Waals surface area (Å²) in [4.78, 5) is 0. The van der Waals surface area contributed by atoms with Gasteiger partial charge in [0.1, 0.15) is 11.9 Å². The van der Waals surface area contributed by atoms with Crippen molar-refractivity contribution < 1.29 is 9.84 Å². The van der Waals surface area contributed by atoms with Crippen LogP contribution in [0.25, 0.3) is 0 Å². The Balaban J connectivity index is 1.69. The van der Waals surface area contributed by atoms with Gasteiger partial charge in [0.15, 0.2) is 0 Å². The van der Waals surface area contributed by atoms with Crippen LogP contribution in [0.2, 0.25) is 0 Å². The smallest absolute Gasteiger partial charge is 0.124 e. The van der Waals surface area contributed by atoms with E-state index in [0.29, 0.717) is 6.04 Å². The third kappa shape index (κ3) is 4.44. The molecule has 2 fully saturated rings. The second-order valence-electron chi connectivity index (χ2n) is 6.27. The van der Waals surface area contributed by atoms with Gasteiger partial charge >= 0.3 is 0 Å². The van der Waals surface area contributed by atoms with E-state index in [-0.39, 0.29) is 12.2 Å². The van der Waals surface area contributed by atoms with Crippen molar-refractivity contribution in [2.75, 3.05) is 0 Å². The number of aliphatic hydroxyl groups is 1. The van der Waals surface area contributed by atoms with Crippen LogP contribution in [0.5, 0.6) is 5.75 Å². The summed E-state index contributed by atoms with van der Waals surface area (Å²) in [6.07, 6.45) is 7.44. The van der Waals surface area contributed by atoms with Crippen LogP contribution < -0.4 is 10.1 Å². The summed E-state index contributed by atoms with van der Waals surface area (Å²) >= 11 is 3.54. The zero-order valence-electron chi connectivity index (χ0n) is 12.4. The molecule has 0 amide bonds. The van der Waals surface area contributed by atoms with Crippen LogP contribution in [0.1, 0.15) is 50.5 Å². The molecule has 116 valence electrons. The molecule has 2 atom stereocenters. The molecule has 1 aromatic carbocycles. The lowest BCUT2D eigenvalue weighted by Crippen LogP contribution is -2.31. The maximum Gasteiger partial charge on any atom is 0.124 e. The average Bonchev–Trinajstić information content (AvgIpc) is 3.29. The van der Waals surface area contributed by atoms with Gasteiger partial charge in [-0.3, -0.25) is 0 Å². The van der Waals surface area contributed by atoms with Gasteiger partial charge < -0.3 is 15.2 Å². The summed E-state index contributed by atoms with van der Waals surface area (Å²) in [5, 5.41) is 13.8. The molecule has 2 saturated carbocycles. The largest absolute Gasteiger partial charge is 0.487 e. The minimum atomic E-state index is -0.333. The predicted molar refractivity (Wildman–Crippen MR) is 87.5 cm³/mol. The van der Waals surface area contributed by atoms with Gasteiger partial charge in [-0.05, 0) is 50.3 Å². The molecule has 4 heteroatoms. The van der Waals surface area contributed by atoms with E-state index in [4.69, 9.17) is 4.74 Å². The average molecular weight is 354 g/mol. The molecule has 2 aliphatic carbocycles. The van der Waals surface area contributed by atoms with Crippen LogP contribution >= 0.6 is 15.9 Å².